The summed E-state index contributed by atoms with van der Waals surface area (Å²) in [6.07, 6.45) is 0. The minimum absolute atomic E-state index is 0.0590. The molecule has 0 aliphatic carbocycles. The number of nitriles is 1. The Morgan fingerprint density at radius 1 is 1.06 bits per heavy atom. The van der Waals surface area contributed by atoms with E-state index in [4.69, 9.17) is 5.26 Å². The van der Waals surface area contributed by atoms with E-state index in [9.17, 15) is 14.0 Å². The number of anilines is 2. The molecule has 0 saturated carbocycles. The number of hydrogen-bond donors (Lipinski definition) is 3. The van der Waals surface area contributed by atoms with E-state index in [1.807, 2.05) is 6.07 Å². The van der Waals surface area contributed by atoms with Gasteiger partial charge in [-0.1, -0.05) is 37.1 Å². The average Bonchev–Trinajstić information content (AvgIpc) is 2.79. The highest BCUT2D eigenvalue weighted by atomic mass is 32.1. The lowest BCUT2D eigenvalue weighted by atomic mass is 10.1. The fraction of sp³-hybridized carbons (Fsp3) is 0.0870. The van der Waals surface area contributed by atoms with E-state index in [0.29, 0.717) is 16.9 Å². The second kappa shape index (κ2) is 9.78. The van der Waals surface area contributed by atoms with Gasteiger partial charge in [-0.05, 0) is 61.0 Å². The van der Waals surface area contributed by atoms with Crippen LogP contribution in [0.25, 0.3) is 0 Å². The number of nitrogens with zero attached hydrogens (tertiary/aromatic N) is 2. The third kappa shape index (κ3) is 5.41. The average molecular weight is 434 g/mol. The number of urea groups is 1. The van der Waals surface area contributed by atoms with Crippen molar-refractivity contribution in [3.8, 4) is 6.07 Å². The first kappa shape index (κ1) is 21.9. The van der Waals surface area contributed by atoms with Crippen LogP contribution in [0.5, 0.6) is 0 Å². The molecule has 0 aliphatic rings. The van der Waals surface area contributed by atoms with Crippen LogP contribution in [0.3, 0.4) is 0 Å². The fourth-order valence-corrected chi connectivity index (χ4v) is 3.05. The molecule has 0 bridgehead atoms. The first-order valence-corrected chi connectivity index (χ1v) is 9.74. The van der Waals surface area contributed by atoms with E-state index in [1.54, 1.807) is 55.5 Å². The van der Waals surface area contributed by atoms with Gasteiger partial charge in [0.2, 0.25) is 0 Å². The maximum atomic E-state index is 13.7. The highest BCUT2D eigenvalue weighted by Crippen LogP contribution is 2.22. The Morgan fingerprint density at radius 2 is 1.77 bits per heavy atom. The topological polar surface area (TPSA) is 85.2 Å². The minimum atomic E-state index is -0.607. The van der Waals surface area contributed by atoms with Crippen molar-refractivity contribution >= 4 is 36.1 Å². The molecule has 31 heavy (non-hydrogen) atoms. The van der Waals surface area contributed by atoms with Gasteiger partial charge in [0, 0.05) is 5.69 Å². The predicted molar refractivity (Wildman–Crippen MR) is 120 cm³/mol. The van der Waals surface area contributed by atoms with Gasteiger partial charge in [-0.15, -0.1) is 0 Å². The highest BCUT2D eigenvalue weighted by Gasteiger charge is 2.17. The van der Waals surface area contributed by atoms with Crippen molar-refractivity contribution in [2.75, 3.05) is 9.62 Å². The molecule has 0 spiro atoms. The summed E-state index contributed by atoms with van der Waals surface area (Å²) in [4.78, 5) is 24.7. The molecule has 3 rings (SSSR count). The lowest BCUT2D eigenvalue weighted by Crippen LogP contribution is -2.35. The maximum Gasteiger partial charge on any atom is 0.332 e. The molecule has 0 saturated heterocycles. The van der Waals surface area contributed by atoms with Crippen LogP contribution >= 0.6 is 12.8 Å². The van der Waals surface area contributed by atoms with Crippen molar-refractivity contribution in [3.63, 3.8) is 0 Å². The quantitative estimate of drug-likeness (QED) is 0.490. The zero-order chi connectivity index (χ0) is 22.4. The van der Waals surface area contributed by atoms with Crippen molar-refractivity contribution in [1.82, 2.24) is 5.32 Å². The molecule has 0 aromatic heterocycles. The number of carbonyl (C=O) groups is 2. The van der Waals surface area contributed by atoms with E-state index in [-0.39, 0.29) is 11.6 Å². The SMILES string of the molecule is CC(NC(=O)N(S)c1ccc(NC(=O)c2ccccc2F)cc1)c1cccc(C#N)c1. The summed E-state index contributed by atoms with van der Waals surface area (Å²) >= 11 is 4.25. The largest absolute Gasteiger partial charge is 0.332 e. The van der Waals surface area contributed by atoms with Crippen LogP contribution in [-0.4, -0.2) is 11.9 Å². The maximum absolute atomic E-state index is 13.7. The number of nitrogens with one attached hydrogen (secondary N) is 2. The molecule has 1 atom stereocenters. The second-order valence-electron chi connectivity index (χ2n) is 6.70. The van der Waals surface area contributed by atoms with Crippen LogP contribution < -0.4 is 14.9 Å². The molecule has 156 valence electrons. The summed E-state index contributed by atoms with van der Waals surface area (Å²) in [7, 11) is 0. The molecule has 3 aromatic rings. The minimum Gasteiger partial charge on any atom is -0.330 e. The Balaban J connectivity index is 1.63. The molecule has 0 radical (unpaired) electrons. The summed E-state index contributed by atoms with van der Waals surface area (Å²) in [5.74, 6) is -1.18. The summed E-state index contributed by atoms with van der Waals surface area (Å²) in [5, 5.41) is 14.4. The predicted octanol–water partition coefficient (Wildman–Crippen LogP) is 5.07. The van der Waals surface area contributed by atoms with Crippen molar-refractivity contribution < 1.29 is 14.0 Å². The van der Waals surface area contributed by atoms with Gasteiger partial charge in [-0.2, -0.15) is 5.26 Å². The van der Waals surface area contributed by atoms with Crippen molar-refractivity contribution in [2.45, 2.75) is 13.0 Å². The van der Waals surface area contributed by atoms with Gasteiger partial charge in [0.15, 0.2) is 0 Å². The molecule has 1 unspecified atom stereocenters. The molecule has 2 N–H and O–H groups in total. The van der Waals surface area contributed by atoms with Crippen molar-refractivity contribution in [2.24, 2.45) is 0 Å². The number of rotatable bonds is 5. The molecule has 3 aromatic carbocycles. The number of halogens is 1. The van der Waals surface area contributed by atoms with E-state index in [1.165, 1.54) is 18.2 Å². The van der Waals surface area contributed by atoms with E-state index < -0.39 is 17.8 Å². The lowest BCUT2D eigenvalue weighted by molar-refractivity contribution is 0.102. The van der Waals surface area contributed by atoms with Crippen LogP contribution in [0.15, 0.2) is 72.8 Å². The number of carbonyl (C=O) groups excluding carboxylic acids is 2. The van der Waals surface area contributed by atoms with Gasteiger partial charge >= 0.3 is 6.03 Å². The Morgan fingerprint density at radius 3 is 2.45 bits per heavy atom. The summed E-state index contributed by atoms with van der Waals surface area (Å²) in [6, 6.07) is 20.3. The van der Waals surface area contributed by atoms with Gasteiger partial charge in [-0.3, -0.25) is 4.79 Å². The molecule has 8 heteroatoms. The summed E-state index contributed by atoms with van der Waals surface area (Å²) in [5.41, 5.74) is 2.16. The zero-order valence-electron chi connectivity index (χ0n) is 16.5. The normalized spacial score (nSPS) is 11.2. The third-order valence-corrected chi connectivity index (χ3v) is 4.95. The molecule has 6 nitrogen and oxygen atoms in total. The van der Waals surface area contributed by atoms with Crippen LogP contribution in [0.1, 0.15) is 34.5 Å². The molecule has 3 amide bonds. The second-order valence-corrected chi connectivity index (χ2v) is 7.10. The first-order valence-electron chi connectivity index (χ1n) is 9.34. The molecular formula is C23H19FN4O2S. The van der Waals surface area contributed by atoms with Crippen molar-refractivity contribution in [1.29, 1.82) is 5.26 Å². The Kier molecular flexibility index (Phi) is 6.90. The standard InChI is InChI=1S/C23H19FN4O2S/c1-15(17-6-4-5-16(13-17)14-25)26-23(30)28(31)19-11-9-18(10-12-19)27-22(29)20-7-2-3-8-21(20)24/h2-13,15,31H,1H3,(H,26,30)(H,27,29). The first-order chi connectivity index (χ1) is 14.9. The highest BCUT2D eigenvalue weighted by molar-refractivity contribution is 7.82. The number of thiol groups is 1. The van der Waals surface area contributed by atoms with E-state index >= 15 is 0 Å². The lowest BCUT2D eigenvalue weighted by Gasteiger charge is -2.21. The van der Waals surface area contributed by atoms with E-state index in [0.717, 1.165) is 9.87 Å². The van der Waals surface area contributed by atoms with Gasteiger partial charge in [0.25, 0.3) is 5.91 Å². The Labute approximate surface area is 184 Å². The van der Waals surface area contributed by atoms with Crippen LogP contribution in [0.4, 0.5) is 20.6 Å². The third-order valence-electron chi connectivity index (χ3n) is 4.54. The van der Waals surface area contributed by atoms with Gasteiger partial charge < -0.3 is 10.6 Å². The monoisotopic (exact) mass is 434 g/mol. The number of amides is 3. The molecule has 0 aliphatic heterocycles. The van der Waals surface area contributed by atoms with E-state index in [2.05, 4.69) is 29.5 Å². The Bertz CT molecular complexity index is 1140. The smallest absolute Gasteiger partial charge is 0.330 e. The fourth-order valence-electron chi connectivity index (χ4n) is 2.85. The van der Waals surface area contributed by atoms with Crippen LogP contribution in [-0.2, 0) is 0 Å². The van der Waals surface area contributed by atoms with Gasteiger partial charge in [0.1, 0.15) is 5.82 Å². The zero-order valence-corrected chi connectivity index (χ0v) is 17.4. The molecular weight excluding hydrogens is 415 g/mol. The summed E-state index contributed by atoms with van der Waals surface area (Å²) in [6.45, 7) is 1.80. The number of benzene rings is 3. The van der Waals surface area contributed by atoms with Crippen LogP contribution in [0.2, 0.25) is 0 Å². The van der Waals surface area contributed by atoms with Gasteiger partial charge in [-0.25, -0.2) is 13.5 Å². The van der Waals surface area contributed by atoms with Crippen molar-refractivity contribution in [3.05, 3.63) is 95.3 Å². The van der Waals surface area contributed by atoms with Gasteiger partial charge in [0.05, 0.1) is 28.9 Å². The Hall–Kier alpha value is -3.83. The summed E-state index contributed by atoms with van der Waals surface area (Å²) < 4.78 is 14.9. The van der Waals surface area contributed by atoms with Crippen LogP contribution in [0, 0.1) is 17.1 Å². The number of hydrogen-bond acceptors (Lipinski definition) is 4. The molecule has 0 heterocycles. The molecule has 0 fully saturated rings.